The highest BCUT2D eigenvalue weighted by Gasteiger charge is 2.21. The normalized spacial score (nSPS) is 13.2. The monoisotopic (exact) mass is 322 g/mol. The molecule has 0 fully saturated rings. The van der Waals surface area contributed by atoms with Crippen molar-refractivity contribution in [2.45, 2.75) is 0 Å². The molecule has 1 aliphatic rings. The highest BCUT2D eigenvalue weighted by atomic mass is 16.7. The molecule has 6 nitrogen and oxygen atoms in total. The molecule has 0 saturated heterocycles. The number of benzene rings is 3. The topological polar surface area (TPSA) is 89.1 Å². The Morgan fingerprint density at radius 1 is 0.875 bits per heavy atom. The summed E-state index contributed by atoms with van der Waals surface area (Å²) in [7, 11) is 0. The fourth-order valence-corrected chi connectivity index (χ4v) is 3.14. The van der Waals surface area contributed by atoms with Gasteiger partial charge in [-0.1, -0.05) is 12.1 Å². The number of aromatic hydroxyl groups is 2. The predicted octanol–water partition coefficient (Wildman–Crippen LogP) is 3.24. The van der Waals surface area contributed by atoms with E-state index in [0.717, 1.165) is 5.39 Å². The Kier molecular flexibility index (Phi) is 2.35. The van der Waals surface area contributed by atoms with Gasteiger partial charge in [0.25, 0.3) is 0 Å². The van der Waals surface area contributed by atoms with Crippen LogP contribution in [0.15, 0.2) is 45.6 Å². The van der Waals surface area contributed by atoms with Gasteiger partial charge in [-0.2, -0.15) is 0 Å². The van der Waals surface area contributed by atoms with Crippen LogP contribution in [0.25, 0.3) is 32.7 Å². The Hall–Kier alpha value is -3.41. The van der Waals surface area contributed by atoms with Crippen molar-refractivity contribution in [1.82, 2.24) is 0 Å². The van der Waals surface area contributed by atoms with Gasteiger partial charge in [0, 0.05) is 11.5 Å². The molecule has 0 aliphatic carbocycles. The summed E-state index contributed by atoms with van der Waals surface area (Å²) < 4.78 is 16.7. The molecular weight excluding hydrogens is 312 g/mol. The Balaban J connectivity index is 2.06. The maximum absolute atomic E-state index is 13.0. The molecule has 0 bridgehead atoms. The number of hydrogen-bond donors (Lipinski definition) is 2. The molecule has 0 spiro atoms. The first-order valence-electron chi connectivity index (χ1n) is 7.27. The van der Waals surface area contributed by atoms with Gasteiger partial charge in [-0.05, 0) is 23.6 Å². The molecule has 3 aromatic carbocycles. The lowest BCUT2D eigenvalue weighted by atomic mass is 10.0. The zero-order valence-electron chi connectivity index (χ0n) is 12.2. The SMILES string of the molecule is O=c1c2cc(O)c(O)cc2oc2ccc3ccc4c(c3c12)OCO4. The summed E-state index contributed by atoms with van der Waals surface area (Å²) in [6.45, 7) is 0.0956. The molecule has 24 heavy (non-hydrogen) atoms. The minimum Gasteiger partial charge on any atom is -0.504 e. The first-order chi connectivity index (χ1) is 11.6. The summed E-state index contributed by atoms with van der Waals surface area (Å²) in [5.41, 5.74) is 0.261. The number of fused-ring (bicyclic) bond motifs is 6. The summed E-state index contributed by atoms with van der Waals surface area (Å²) in [5, 5.41) is 21.3. The van der Waals surface area contributed by atoms with Crippen LogP contribution in [0.4, 0.5) is 0 Å². The smallest absolute Gasteiger partial charge is 0.231 e. The van der Waals surface area contributed by atoms with Crippen molar-refractivity contribution in [2.75, 3.05) is 6.79 Å². The minimum atomic E-state index is -0.376. The van der Waals surface area contributed by atoms with Crippen LogP contribution >= 0.6 is 0 Å². The molecule has 1 aliphatic heterocycles. The molecule has 4 aromatic rings. The van der Waals surface area contributed by atoms with Crippen LogP contribution in [0.3, 0.4) is 0 Å². The van der Waals surface area contributed by atoms with Crippen molar-refractivity contribution < 1.29 is 24.1 Å². The van der Waals surface area contributed by atoms with Crippen LogP contribution in [0.2, 0.25) is 0 Å². The van der Waals surface area contributed by atoms with E-state index in [0.29, 0.717) is 27.9 Å². The Morgan fingerprint density at radius 3 is 2.54 bits per heavy atom. The van der Waals surface area contributed by atoms with Gasteiger partial charge in [0.1, 0.15) is 11.2 Å². The van der Waals surface area contributed by atoms with Gasteiger partial charge < -0.3 is 24.1 Å². The van der Waals surface area contributed by atoms with E-state index in [2.05, 4.69) is 0 Å². The summed E-state index contributed by atoms with van der Waals surface area (Å²) >= 11 is 0. The Bertz CT molecular complexity index is 1220. The van der Waals surface area contributed by atoms with Gasteiger partial charge in [0.15, 0.2) is 23.0 Å². The molecule has 118 valence electrons. The minimum absolute atomic E-state index is 0.0956. The molecule has 2 N–H and O–H groups in total. The second kappa shape index (κ2) is 4.32. The molecule has 0 saturated carbocycles. The van der Waals surface area contributed by atoms with E-state index in [1.54, 1.807) is 12.1 Å². The molecule has 0 amide bonds. The fourth-order valence-electron chi connectivity index (χ4n) is 3.14. The van der Waals surface area contributed by atoms with Crippen LogP contribution in [0, 0.1) is 0 Å². The lowest BCUT2D eigenvalue weighted by Crippen LogP contribution is -2.03. The third-order valence-corrected chi connectivity index (χ3v) is 4.25. The van der Waals surface area contributed by atoms with Gasteiger partial charge >= 0.3 is 0 Å². The van der Waals surface area contributed by atoms with E-state index < -0.39 is 0 Å². The van der Waals surface area contributed by atoms with E-state index in [9.17, 15) is 15.0 Å². The quantitative estimate of drug-likeness (QED) is 0.293. The van der Waals surface area contributed by atoms with E-state index in [-0.39, 0.29) is 34.7 Å². The third-order valence-electron chi connectivity index (χ3n) is 4.25. The van der Waals surface area contributed by atoms with E-state index in [1.807, 2.05) is 12.1 Å². The lowest BCUT2D eigenvalue weighted by molar-refractivity contribution is 0.175. The Morgan fingerprint density at radius 2 is 1.67 bits per heavy atom. The average Bonchev–Trinajstić information content (AvgIpc) is 3.05. The maximum atomic E-state index is 13.0. The van der Waals surface area contributed by atoms with Gasteiger partial charge in [0.05, 0.1) is 10.8 Å². The van der Waals surface area contributed by atoms with E-state index in [1.165, 1.54) is 12.1 Å². The van der Waals surface area contributed by atoms with Gasteiger partial charge in [-0.3, -0.25) is 4.79 Å². The van der Waals surface area contributed by atoms with E-state index >= 15 is 0 Å². The summed E-state index contributed by atoms with van der Waals surface area (Å²) in [5.74, 6) is 0.360. The van der Waals surface area contributed by atoms with Gasteiger partial charge in [-0.25, -0.2) is 0 Å². The highest BCUT2D eigenvalue weighted by molar-refractivity contribution is 6.12. The first-order valence-corrected chi connectivity index (χ1v) is 7.27. The zero-order chi connectivity index (χ0) is 16.4. The summed E-state index contributed by atoms with van der Waals surface area (Å²) in [4.78, 5) is 13.0. The number of ether oxygens (including phenoxy) is 2. The van der Waals surface area contributed by atoms with Crippen LogP contribution in [-0.2, 0) is 0 Å². The number of hydrogen-bond acceptors (Lipinski definition) is 6. The van der Waals surface area contributed by atoms with Gasteiger partial charge in [-0.15, -0.1) is 0 Å². The largest absolute Gasteiger partial charge is 0.504 e. The van der Waals surface area contributed by atoms with Gasteiger partial charge in [0.2, 0.25) is 12.2 Å². The molecule has 1 aromatic heterocycles. The van der Waals surface area contributed by atoms with Crippen molar-refractivity contribution in [3.8, 4) is 23.0 Å². The first kappa shape index (κ1) is 13.1. The fraction of sp³-hybridized carbons (Fsp3) is 0.0556. The third kappa shape index (κ3) is 1.57. The van der Waals surface area contributed by atoms with Crippen LogP contribution < -0.4 is 14.9 Å². The van der Waals surface area contributed by atoms with Crippen molar-refractivity contribution in [3.05, 3.63) is 46.6 Å². The number of phenols is 2. The van der Waals surface area contributed by atoms with Crippen molar-refractivity contribution in [2.24, 2.45) is 0 Å². The highest BCUT2D eigenvalue weighted by Crippen LogP contribution is 2.42. The molecule has 0 unspecified atom stereocenters. The summed E-state index contributed by atoms with van der Waals surface area (Å²) in [6, 6.07) is 9.60. The average molecular weight is 322 g/mol. The summed E-state index contributed by atoms with van der Waals surface area (Å²) in [6.07, 6.45) is 0. The number of phenolic OH excluding ortho intramolecular Hbond substituents is 2. The molecule has 0 radical (unpaired) electrons. The second-order valence-electron chi connectivity index (χ2n) is 5.60. The van der Waals surface area contributed by atoms with Crippen LogP contribution in [-0.4, -0.2) is 17.0 Å². The molecule has 2 heterocycles. The molecule has 6 heteroatoms. The lowest BCUT2D eigenvalue weighted by Gasteiger charge is -2.08. The van der Waals surface area contributed by atoms with Crippen molar-refractivity contribution in [1.29, 1.82) is 0 Å². The standard InChI is InChI=1S/C18H10O6/c19-10-5-9-14(6-11(10)20)24-12-3-1-8-2-4-13-18(23-7-22-13)15(8)16(12)17(9)21/h1-6,19-20H,7H2. The maximum Gasteiger partial charge on any atom is 0.231 e. The van der Waals surface area contributed by atoms with Crippen molar-refractivity contribution in [3.63, 3.8) is 0 Å². The van der Waals surface area contributed by atoms with E-state index in [4.69, 9.17) is 13.9 Å². The predicted molar refractivity (Wildman–Crippen MR) is 86.9 cm³/mol. The molecule has 0 atom stereocenters. The van der Waals surface area contributed by atoms with Crippen LogP contribution in [0.1, 0.15) is 0 Å². The Labute approximate surface area is 134 Å². The number of rotatable bonds is 0. The van der Waals surface area contributed by atoms with Crippen LogP contribution in [0.5, 0.6) is 23.0 Å². The zero-order valence-corrected chi connectivity index (χ0v) is 12.2. The second-order valence-corrected chi connectivity index (χ2v) is 5.60. The molecule has 5 rings (SSSR count). The van der Waals surface area contributed by atoms with Crippen molar-refractivity contribution >= 4 is 32.7 Å². The molecular formula is C18H10O6.